The first-order chi connectivity index (χ1) is 8.28. The molecule has 2 rings (SSSR count). The van der Waals surface area contributed by atoms with Gasteiger partial charge in [-0.1, -0.05) is 12.1 Å². The van der Waals surface area contributed by atoms with Crippen LogP contribution in [0.25, 0.3) is 0 Å². The molecular formula is C13H13BrN2O. The van der Waals surface area contributed by atoms with E-state index in [0.717, 1.165) is 16.8 Å². The lowest BCUT2D eigenvalue weighted by molar-refractivity contribution is 0.462. The maximum atomic E-state index is 5.66. The van der Waals surface area contributed by atoms with E-state index in [1.54, 1.807) is 6.20 Å². The zero-order valence-corrected chi connectivity index (χ0v) is 11.1. The lowest BCUT2D eigenvalue weighted by Gasteiger charge is -2.06. The summed E-state index contributed by atoms with van der Waals surface area (Å²) in [4.78, 5) is 4.16. The van der Waals surface area contributed by atoms with Gasteiger partial charge in [-0.05, 0) is 46.7 Å². The molecule has 4 heteroatoms. The molecule has 0 amide bonds. The third-order valence-corrected chi connectivity index (χ3v) is 2.67. The van der Waals surface area contributed by atoms with Crippen LogP contribution < -0.4 is 10.1 Å². The standard InChI is InChI=1S/C13H13BrN2O/c1-15-8-10-3-2-4-12(7-10)17-13-6-5-11(14)9-16-13/h2-7,9,15H,8H2,1H3. The second-order valence-electron chi connectivity index (χ2n) is 3.59. The summed E-state index contributed by atoms with van der Waals surface area (Å²) in [5.74, 6) is 1.39. The molecule has 0 spiro atoms. The number of benzene rings is 1. The number of halogens is 1. The second-order valence-corrected chi connectivity index (χ2v) is 4.51. The Labute approximate surface area is 109 Å². The number of rotatable bonds is 4. The second kappa shape index (κ2) is 5.80. The summed E-state index contributed by atoms with van der Waals surface area (Å²) in [6.07, 6.45) is 1.72. The molecule has 0 atom stereocenters. The number of nitrogens with one attached hydrogen (secondary N) is 1. The summed E-state index contributed by atoms with van der Waals surface area (Å²) in [5.41, 5.74) is 1.18. The predicted octanol–water partition coefficient (Wildman–Crippen LogP) is 3.36. The normalized spacial score (nSPS) is 10.2. The van der Waals surface area contributed by atoms with Crippen molar-refractivity contribution in [2.24, 2.45) is 0 Å². The minimum absolute atomic E-state index is 0.592. The molecule has 0 saturated carbocycles. The fraction of sp³-hybridized carbons (Fsp3) is 0.154. The number of nitrogens with zero attached hydrogens (tertiary/aromatic N) is 1. The Morgan fingerprint density at radius 1 is 1.29 bits per heavy atom. The van der Waals surface area contributed by atoms with Gasteiger partial charge >= 0.3 is 0 Å². The zero-order valence-electron chi connectivity index (χ0n) is 9.48. The molecule has 0 aliphatic carbocycles. The molecule has 0 bridgehead atoms. The quantitative estimate of drug-likeness (QED) is 0.938. The van der Waals surface area contributed by atoms with Crippen LogP contribution in [-0.4, -0.2) is 12.0 Å². The van der Waals surface area contributed by atoms with E-state index < -0.39 is 0 Å². The summed E-state index contributed by atoms with van der Waals surface area (Å²) in [5, 5.41) is 3.11. The maximum absolute atomic E-state index is 5.66. The lowest BCUT2D eigenvalue weighted by Crippen LogP contribution is -2.04. The summed E-state index contributed by atoms with van der Waals surface area (Å²) in [6, 6.07) is 11.7. The van der Waals surface area contributed by atoms with Crippen LogP contribution in [0.3, 0.4) is 0 Å². The Bertz CT molecular complexity index is 485. The highest BCUT2D eigenvalue weighted by molar-refractivity contribution is 9.10. The number of hydrogen-bond acceptors (Lipinski definition) is 3. The van der Waals surface area contributed by atoms with Crippen LogP contribution in [0.15, 0.2) is 47.1 Å². The van der Waals surface area contributed by atoms with Gasteiger partial charge in [0.05, 0.1) is 0 Å². The summed E-state index contributed by atoms with van der Waals surface area (Å²) >= 11 is 3.34. The van der Waals surface area contributed by atoms with Gasteiger partial charge in [0.15, 0.2) is 0 Å². The Morgan fingerprint density at radius 3 is 2.88 bits per heavy atom. The smallest absolute Gasteiger partial charge is 0.219 e. The molecule has 1 aromatic heterocycles. The molecule has 0 saturated heterocycles. The van der Waals surface area contributed by atoms with Gasteiger partial charge in [0.25, 0.3) is 0 Å². The largest absolute Gasteiger partial charge is 0.439 e. The van der Waals surface area contributed by atoms with E-state index in [0.29, 0.717) is 5.88 Å². The average Bonchev–Trinajstić information content (AvgIpc) is 2.33. The van der Waals surface area contributed by atoms with Crippen LogP contribution in [0.1, 0.15) is 5.56 Å². The molecule has 2 aromatic rings. The van der Waals surface area contributed by atoms with Gasteiger partial charge in [0.1, 0.15) is 5.75 Å². The van der Waals surface area contributed by atoms with Gasteiger partial charge in [-0.25, -0.2) is 4.98 Å². The number of hydrogen-bond donors (Lipinski definition) is 1. The number of ether oxygens (including phenoxy) is 1. The van der Waals surface area contributed by atoms with E-state index in [1.165, 1.54) is 5.56 Å². The first-order valence-corrected chi connectivity index (χ1v) is 6.10. The fourth-order valence-corrected chi connectivity index (χ4v) is 1.70. The van der Waals surface area contributed by atoms with Crippen molar-refractivity contribution in [3.05, 3.63) is 52.6 Å². The highest BCUT2D eigenvalue weighted by Crippen LogP contribution is 2.21. The van der Waals surface area contributed by atoms with E-state index in [4.69, 9.17) is 4.74 Å². The first-order valence-electron chi connectivity index (χ1n) is 5.31. The van der Waals surface area contributed by atoms with Crippen molar-refractivity contribution in [3.63, 3.8) is 0 Å². The van der Waals surface area contributed by atoms with E-state index in [9.17, 15) is 0 Å². The number of pyridine rings is 1. The fourth-order valence-electron chi connectivity index (χ4n) is 1.47. The molecule has 0 aliphatic rings. The highest BCUT2D eigenvalue weighted by atomic mass is 79.9. The summed E-state index contributed by atoms with van der Waals surface area (Å²) in [7, 11) is 1.92. The Kier molecular flexibility index (Phi) is 4.12. The third-order valence-electron chi connectivity index (χ3n) is 2.20. The SMILES string of the molecule is CNCc1cccc(Oc2ccc(Br)cn2)c1. The molecule has 0 radical (unpaired) electrons. The van der Waals surface area contributed by atoms with Gasteiger partial charge < -0.3 is 10.1 Å². The zero-order chi connectivity index (χ0) is 12.1. The van der Waals surface area contributed by atoms with Crippen molar-refractivity contribution in [1.29, 1.82) is 0 Å². The van der Waals surface area contributed by atoms with Crippen molar-refractivity contribution in [1.82, 2.24) is 10.3 Å². The van der Waals surface area contributed by atoms with Gasteiger partial charge in [-0.2, -0.15) is 0 Å². The molecule has 3 nitrogen and oxygen atoms in total. The van der Waals surface area contributed by atoms with Gasteiger partial charge in [0, 0.05) is 23.3 Å². The lowest BCUT2D eigenvalue weighted by atomic mass is 10.2. The van der Waals surface area contributed by atoms with Crippen molar-refractivity contribution in [3.8, 4) is 11.6 Å². The van der Waals surface area contributed by atoms with Gasteiger partial charge in [0.2, 0.25) is 5.88 Å². The highest BCUT2D eigenvalue weighted by Gasteiger charge is 1.99. The molecule has 88 valence electrons. The minimum atomic E-state index is 0.592. The van der Waals surface area contributed by atoms with Crippen molar-refractivity contribution in [2.45, 2.75) is 6.54 Å². The number of aromatic nitrogens is 1. The summed E-state index contributed by atoms with van der Waals surface area (Å²) < 4.78 is 6.60. The van der Waals surface area contributed by atoms with Gasteiger partial charge in [-0.15, -0.1) is 0 Å². The van der Waals surface area contributed by atoms with Gasteiger partial charge in [-0.3, -0.25) is 0 Å². The molecule has 1 aromatic carbocycles. The Hall–Kier alpha value is -1.39. The van der Waals surface area contributed by atoms with Crippen LogP contribution in [0.4, 0.5) is 0 Å². The van der Waals surface area contributed by atoms with Crippen LogP contribution in [0, 0.1) is 0 Å². The van der Waals surface area contributed by atoms with Crippen LogP contribution in [0.5, 0.6) is 11.6 Å². The minimum Gasteiger partial charge on any atom is -0.439 e. The van der Waals surface area contributed by atoms with E-state index in [2.05, 4.69) is 32.3 Å². The van der Waals surface area contributed by atoms with Crippen LogP contribution >= 0.6 is 15.9 Å². The van der Waals surface area contributed by atoms with E-state index in [1.807, 2.05) is 37.4 Å². The molecular weight excluding hydrogens is 280 g/mol. The van der Waals surface area contributed by atoms with Crippen molar-refractivity contribution < 1.29 is 4.74 Å². The average molecular weight is 293 g/mol. The maximum Gasteiger partial charge on any atom is 0.219 e. The van der Waals surface area contributed by atoms with Crippen molar-refractivity contribution in [2.75, 3.05) is 7.05 Å². The topological polar surface area (TPSA) is 34.1 Å². The first kappa shape index (κ1) is 12.1. The molecule has 1 heterocycles. The molecule has 1 N–H and O–H groups in total. The Balaban J connectivity index is 2.12. The van der Waals surface area contributed by atoms with Crippen LogP contribution in [-0.2, 0) is 6.54 Å². The predicted molar refractivity (Wildman–Crippen MR) is 71.2 cm³/mol. The van der Waals surface area contributed by atoms with Crippen molar-refractivity contribution >= 4 is 15.9 Å². The van der Waals surface area contributed by atoms with Crippen LogP contribution in [0.2, 0.25) is 0 Å². The van der Waals surface area contributed by atoms with E-state index >= 15 is 0 Å². The third kappa shape index (κ3) is 3.54. The monoisotopic (exact) mass is 292 g/mol. The molecule has 0 unspecified atom stereocenters. The van der Waals surface area contributed by atoms with E-state index in [-0.39, 0.29) is 0 Å². The summed E-state index contributed by atoms with van der Waals surface area (Å²) in [6.45, 7) is 0.824. The molecule has 0 aliphatic heterocycles. The molecule has 17 heavy (non-hydrogen) atoms. The molecule has 0 fully saturated rings. The Morgan fingerprint density at radius 2 is 2.18 bits per heavy atom.